The second-order valence-electron chi connectivity index (χ2n) is 9.11. The van der Waals surface area contributed by atoms with Crippen LogP contribution in [0.3, 0.4) is 0 Å². The molecular weight excluding hydrogens is 478 g/mol. The van der Waals surface area contributed by atoms with E-state index in [1.807, 2.05) is 84.9 Å². The molecule has 0 saturated carbocycles. The number of cyclic esters (lactones) is 1. The van der Waals surface area contributed by atoms with Crippen molar-refractivity contribution < 1.29 is 23.8 Å². The van der Waals surface area contributed by atoms with Gasteiger partial charge in [0.05, 0.1) is 7.11 Å². The zero-order chi connectivity index (χ0) is 26.3. The number of ketones is 1. The summed E-state index contributed by atoms with van der Waals surface area (Å²) in [6.45, 7) is 0.448. The molecule has 1 aliphatic heterocycles. The third-order valence-electron chi connectivity index (χ3n) is 6.63. The molecule has 5 rings (SSSR count). The van der Waals surface area contributed by atoms with Crippen molar-refractivity contribution in [3.8, 4) is 11.5 Å². The number of ether oxygens (including phenoxy) is 3. The molecule has 4 aromatic rings. The third kappa shape index (κ3) is 5.70. The number of anilines is 1. The molecule has 0 aliphatic carbocycles. The largest absolute Gasteiger partial charge is 0.497 e. The molecule has 0 radical (unpaired) electrons. The summed E-state index contributed by atoms with van der Waals surface area (Å²) in [5.41, 5.74) is 3.55. The number of benzene rings is 4. The summed E-state index contributed by atoms with van der Waals surface area (Å²) in [6.07, 6.45) is -0.630. The van der Waals surface area contributed by atoms with E-state index in [1.165, 1.54) is 0 Å². The fourth-order valence-electron chi connectivity index (χ4n) is 4.61. The number of hydrogen-bond donors (Lipinski definition) is 0. The van der Waals surface area contributed by atoms with Gasteiger partial charge in [0.25, 0.3) is 0 Å². The van der Waals surface area contributed by atoms with E-state index in [2.05, 4.69) is 0 Å². The summed E-state index contributed by atoms with van der Waals surface area (Å²) in [7, 11) is 1.59. The van der Waals surface area contributed by atoms with Crippen LogP contribution in [-0.2, 0) is 22.6 Å². The topological polar surface area (TPSA) is 65.1 Å². The first kappa shape index (κ1) is 25.1. The van der Waals surface area contributed by atoms with Crippen molar-refractivity contribution in [3.05, 3.63) is 126 Å². The Labute approximate surface area is 222 Å². The maximum absolute atomic E-state index is 13.4. The molecule has 6 heteroatoms. The Morgan fingerprint density at radius 1 is 0.789 bits per heavy atom. The SMILES string of the molecule is COc1ccc(N2C(=O)O[C@H](C(=O)CCc3ccccc3)[C@H]2c2ccc(OCc3ccccc3)cc2)cc1. The summed E-state index contributed by atoms with van der Waals surface area (Å²) >= 11 is 0. The molecule has 0 spiro atoms. The quantitative estimate of drug-likeness (QED) is 0.244. The minimum absolute atomic E-state index is 0.118. The highest BCUT2D eigenvalue weighted by Crippen LogP contribution is 2.39. The van der Waals surface area contributed by atoms with Crippen molar-refractivity contribution in [3.63, 3.8) is 0 Å². The molecule has 1 amide bonds. The van der Waals surface area contributed by atoms with Crippen LogP contribution in [0.25, 0.3) is 0 Å². The van der Waals surface area contributed by atoms with Crippen molar-refractivity contribution in [2.24, 2.45) is 0 Å². The van der Waals surface area contributed by atoms with Crippen LogP contribution in [0, 0.1) is 0 Å². The van der Waals surface area contributed by atoms with Crippen molar-refractivity contribution in [2.75, 3.05) is 12.0 Å². The maximum Gasteiger partial charge on any atom is 0.415 e. The number of methoxy groups -OCH3 is 1. The van der Waals surface area contributed by atoms with E-state index in [-0.39, 0.29) is 12.2 Å². The molecule has 1 saturated heterocycles. The fraction of sp³-hybridized carbons (Fsp3) is 0.188. The van der Waals surface area contributed by atoms with Gasteiger partial charge < -0.3 is 14.2 Å². The summed E-state index contributed by atoms with van der Waals surface area (Å²) < 4.78 is 16.9. The highest BCUT2D eigenvalue weighted by molar-refractivity contribution is 5.97. The van der Waals surface area contributed by atoms with Crippen molar-refractivity contribution in [2.45, 2.75) is 31.6 Å². The predicted octanol–water partition coefficient (Wildman–Crippen LogP) is 6.54. The predicted molar refractivity (Wildman–Crippen MR) is 145 cm³/mol. The van der Waals surface area contributed by atoms with Crippen LogP contribution in [0.1, 0.15) is 29.2 Å². The van der Waals surface area contributed by atoms with Gasteiger partial charge in [-0.2, -0.15) is 0 Å². The molecule has 0 aromatic heterocycles. The fourth-order valence-corrected chi connectivity index (χ4v) is 4.61. The Kier molecular flexibility index (Phi) is 7.69. The van der Waals surface area contributed by atoms with Crippen LogP contribution >= 0.6 is 0 Å². The van der Waals surface area contributed by atoms with E-state index in [1.54, 1.807) is 36.3 Å². The molecule has 0 bridgehead atoms. The number of hydrogen-bond acceptors (Lipinski definition) is 5. The Bertz CT molecular complexity index is 1350. The van der Waals surface area contributed by atoms with Gasteiger partial charge in [0.1, 0.15) is 24.1 Å². The Morgan fingerprint density at radius 2 is 1.39 bits per heavy atom. The molecule has 2 atom stereocenters. The normalized spacial score (nSPS) is 16.7. The molecule has 0 N–H and O–H groups in total. The van der Waals surface area contributed by atoms with E-state index in [0.717, 1.165) is 16.7 Å². The van der Waals surface area contributed by atoms with Gasteiger partial charge in [0, 0.05) is 12.1 Å². The number of carbonyl (C=O) groups is 2. The lowest BCUT2D eigenvalue weighted by Gasteiger charge is -2.25. The first-order valence-corrected chi connectivity index (χ1v) is 12.6. The molecule has 4 aromatic carbocycles. The summed E-state index contributed by atoms with van der Waals surface area (Å²) in [4.78, 5) is 28.1. The van der Waals surface area contributed by atoms with Gasteiger partial charge in [-0.25, -0.2) is 4.79 Å². The van der Waals surface area contributed by atoms with Crippen LogP contribution in [0.2, 0.25) is 0 Å². The van der Waals surface area contributed by atoms with Gasteiger partial charge in [-0.1, -0.05) is 72.8 Å². The second-order valence-corrected chi connectivity index (χ2v) is 9.11. The Balaban J connectivity index is 1.39. The maximum atomic E-state index is 13.4. The average molecular weight is 508 g/mol. The Hall–Kier alpha value is -4.58. The number of carbonyl (C=O) groups excluding carboxylic acids is 2. The van der Waals surface area contributed by atoms with Crippen molar-refractivity contribution >= 4 is 17.6 Å². The second kappa shape index (κ2) is 11.6. The van der Waals surface area contributed by atoms with Crippen LogP contribution < -0.4 is 14.4 Å². The summed E-state index contributed by atoms with van der Waals surface area (Å²) in [5, 5.41) is 0. The highest BCUT2D eigenvalue weighted by Gasteiger charge is 2.47. The monoisotopic (exact) mass is 507 g/mol. The first-order valence-electron chi connectivity index (χ1n) is 12.6. The molecule has 0 unspecified atom stereocenters. The van der Waals surface area contributed by atoms with Gasteiger partial charge in [-0.3, -0.25) is 9.69 Å². The van der Waals surface area contributed by atoms with E-state index in [0.29, 0.717) is 30.2 Å². The molecule has 6 nitrogen and oxygen atoms in total. The lowest BCUT2D eigenvalue weighted by molar-refractivity contribution is -0.126. The number of rotatable bonds is 10. The average Bonchev–Trinajstić information content (AvgIpc) is 3.33. The number of amides is 1. The molecular formula is C32H29NO5. The van der Waals surface area contributed by atoms with Crippen LogP contribution in [0.4, 0.5) is 10.5 Å². The minimum atomic E-state index is -0.926. The third-order valence-corrected chi connectivity index (χ3v) is 6.63. The van der Waals surface area contributed by atoms with E-state index in [9.17, 15) is 9.59 Å². The number of aryl methyl sites for hydroxylation is 1. The number of Topliss-reactive ketones (excluding diaryl/α,β-unsaturated/α-hetero) is 1. The minimum Gasteiger partial charge on any atom is -0.497 e. The molecule has 192 valence electrons. The lowest BCUT2D eigenvalue weighted by atomic mass is 9.94. The van der Waals surface area contributed by atoms with Gasteiger partial charge >= 0.3 is 6.09 Å². The summed E-state index contributed by atoms with van der Waals surface area (Å²) in [5.74, 6) is 1.26. The van der Waals surface area contributed by atoms with Gasteiger partial charge in [0.15, 0.2) is 11.9 Å². The summed E-state index contributed by atoms with van der Waals surface area (Å²) in [6, 6.07) is 33.8. The number of nitrogens with zero attached hydrogens (tertiary/aromatic N) is 1. The van der Waals surface area contributed by atoms with Crippen molar-refractivity contribution in [1.29, 1.82) is 0 Å². The van der Waals surface area contributed by atoms with Crippen LogP contribution in [-0.4, -0.2) is 25.1 Å². The van der Waals surface area contributed by atoms with Crippen LogP contribution in [0.5, 0.6) is 11.5 Å². The van der Waals surface area contributed by atoms with E-state index in [4.69, 9.17) is 14.2 Å². The zero-order valence-corrected chi connectivity index (χ0v) is 21.2. The van der Waals surface area contributed by atoms with Crippen molar-refractivity contribution in [1.82, 2.24) is 0 Å². The first-order chi connectivity index (χ1) is 18.6. The highest BCUT2D eigenvalue weighted by atomic mass is 16.6. The lowest BCUT2D eigenvalue weighted by Crippen LogP contribution is -2.33. The molecule has 1 heterocycles. The van der Waals surface area contributed by atoms with Gasteiger partial charge in [0.2, 0.25) is 0 Å². The Morgan fingerprint density at radius 3 is 2.03 bits per heavy atom. The smallest absolute Gasteiger partial charge is 0.415 e. The molecule has 38 heavy (non-hydrogen) atoms. The van der Waals surface area contributed by atoms with Crippen LogP contribution in [0.15, 0.2) is 109 Å². The zero-order valence-electron chi connectivity index (χ0n) is 21.2. The van der Waals surface area contributed by atoms with Gasteiger partial charge in [-0.05, 0) is 59.5 Å². The molecule has 1 fully saturated rings. The van der Waals surface area contributed by atoms with Gasteiger partial charge in [-0.15, -0.1) is 0 Å². The standard InChI is InChI=1S/C32H29NO5/c1-36-27-19-15-26(16-20-27)33-30(25-13-17-28(18-14-25)37-22-24-10-6-3-7-11-24)31(38-32(33)35)29(34)21-12-23-8-4-2-5-9-23/h2-11,13-20,30-31H,12,21-22H2,1H3/t30-,31-/m1/s1. The van der Waals surface area contributed by atoms with E-state index < -0.39 is 18.2 Å². The van der Waals surface area contributed by atoms with E-state index >= 15 is 0 Å². The molecule has 1 aliphatic rings.